The van der Waals surface area contributed by atoms with E-state index in [1.807, 2.05) is 27.7 Å². The maximum Gasteiger partial charge on any atom is 0.224 e. The molecular weight excluding hydrogens is 280 g/mol. The van der Waals surface area contributed by atoms with Crippen molar-refractivity contribution in [2.24, 2.45) is 11.8 Å². The van der Waals surface area contributed by atoms with Crippen molar-refractivity contribution in [3.63, 3.8) is 0 Å². The normalized spacial score (nSPS) is 21.5. The Morgan fingerprint density at radius 3 is 1.45 bits per heavy atom. The third kappa shape index (κ3) is 4.82. The van der Waals surface area contributed by atoms with Gasteiger partial charge in [0, 0.05) is 24.9 Å². The molecule has 0 saturated heterocycles. The fourth-order valence-corrected chi connectivity index (χ4v) is 3.01. The van der Waals surface area contributed by atoms with Crippen LogP contribution in [0.15, 0.2) is 0 Å². The van der Waals surface area contributed by atoms with Gasteiger partial charge in [-0.15, -0.1) is 0 Å². The summed E-state index contributed by atoms with van der Waals surface area (Å²) in [7, 11) is 0. The molecule has 0 spiro atoms. The summed E-state index contributed by atoms with van der Waals surface area (Å²) in [5.41, 5.74) is 0. The lowest BCUT2D eigenvalue weighted by atomic mass is 9.93. The lowest BCUT2D eigenvalue weighted by Gasteiger charge is -2.23. The van der Waals surface area contributed by atoms with E-state index in [0.717, 1.165) is 25.7 Å². The highest BCUT2D eigenvalue weighted by molar-refractivity contribution is 5.98. The van der Waals surface area contributed by atoms with Crippen molar-refractivity contribution >= 4 is 17.6 Å². The molecule has 5 nitrogen and oxygen atoms in total. The zero-order valence-corrected chi connectivity index (χ0v) is 14.3. The maximum absolute atomic E-state index is 12.4. The highest BCUT2D eigenvalue weighted by Gasteiger charge is 2.42. The average Bonchev–Trinajstić information content (AvgIpc) is 2.91. The van der Waals surface area contributed by atoms with Crippen molar-refractivity contribution in [1.29, 1.82) is 0 Å². The van der Waals surface area contributed by atoms with Crippen molar-refractivity contribution in [3.05, 3.63) is 0 Å². The van der Waals surface area contributed by atoms with E-state index < -0.39 is 11.8 Å². The predicted molar refractivity (Wildman–Crippen MR) is 86.2 cm³/mol. The molecule has 0 aromatic rings. The Hall–Kier alpha value is -1.39. The zero-order chi connectivity index (χ0) is 16.7. The van der Waals surface area contributed by atoms with Gasteiger partial charge in [-0.1, -0.05) is 27.7 Å². The van der Waals surface area contributed by atoms with E-state index in [1.54, 1.807) is 0 Å². The van der Waals surface area contributed by atoms with E-state index >= 15 is 0 Å². The minimum absolute atomic E-state index is 0.00870. The molecule has 1 rings (SSSR count). The van der Waals surface area contributed by atoms with Gasteiger partial charge in [0.05, 0.1) is 11.8 Å². The molecule has 0 bridgehead atoms. The van der Waals surface area contributed by atoms with Gasteiger partial charge in [-0.05, 0) is 25.7 Å². The molecule has 2 N–H and O–H groups in total. The fraction of sp³-hybridized carbons (Fsp3) is 0.824. The highest BCUT2D eigenvalue weighted by atomic mass is 16.2. The molecule has 1 saturated carbocycles. The Kier molecular flexibility index (Phi) is 7.56. The lowest BCUT2D eigenvalue weighted by molar-refractivity contribution is -0.134. The van der Waals surface area contributed by atoms with Crippen LogP contribution in [0.5, 0.6) is 0 Å². The first kappa shape index (κ1) is 18.7. The van der Waals surface area contributed by atoms with Crippen LogP contribution in [0, 0.1) is 11.8 Å². The first-order chi connectivity index (χ1) is 10.5. The number of carbonyl (C=O) groups excluding carboxylic acids is 3. The van der Waals surface area contributed by atoms with Crippen molar-refractivity contribution in [2.45, 2.75) is 78.3 Å². The molecular formula is C17H30N2O3. The van der Waals surface area contributed by atoms with Gasteiger partial charge in [-0.25, -0.2) is 0 Å². The molecule has 1 aliphatic carbocycles. The van der Waals surface area contributed by atoms with Crippen molar-refractivity contribution < 1.29 is 14.4 Å². The van der Waals surface area contributed by atoms with E-state index in [9.17, 15) is 14.4 Å². The van der Waals surface area contributed by atoms with Gasteiger partial charge in [0.1, 0.15) is 5.78 Å². The molecule has 0 aliphatic heterocycles. The van der Waals surface area contributed by atoms with Crippen molar-refractivity contribution in [1.82, 2.24) is 10.6 Å². The second kappa shape index (κ2) is 8.91. The Morgan fingerprint density at radius 1 is 0.864 bits per heavy atom. The third-order valence-corrected chi connectivity index (χ3v) is 4.72. The van der Waals surface area contributed by atoms with Crippen LogP contribution < -0.4 is 10.6 Å². The van der Waals surface area contributed by atoms with Crippen LogP contribution in [0.3, 0.4) is 0 Å². The fourth-order valence-electron chi connectivity index (χ4n) is 3.01. The van der Waals surface area contributed by atoms with Gasteiger partial charge in [-0.2, -0.15) is 0 Å². The minimum Gasteiger partial charge on any atom is -0.353 e. The molecule has 1 aliphatic rings. The van der Waals surface area contributed by atoms with Crippen LogP contribution in [-0.4, -0.2) is 29.7 Å². The molecule has 2 atom stereocenters. The molecule has 22 heavy (non-hydrogen) atoms. The summed E-state index contributed by atoms with van der Waals surface area (Å²) >= 11 is 0. The Bertz CT molecular complexity index is 365. The number of rotatable bonds is 8. The summed E-state index contributed by atoms with van der Waals surface area (Å²) in [5.74, 6) is -1.31. The summed E-state index contributed by atoms with van der Waals surface area (Å²) in [5, 5.41) is 5.95. The van der Waals surface area contributed by atoms with E-state index in [1.165, 1.54) is 0 Å². The Balaban J connectivity index is 2.73. The Labute approximate surface area is 133 Å². The molecule has 1 fully saturated rings. The van der Waals surface area contributed by atoms with E-state index in [0.29, 0.717) is 0 Å². The van der Waals surface area contributed by atoms with Crippen LogP contribution in [-0.2, 0) is 14.4 Å². The minimum atomic E-state index is -0.512. The Morgan fingerprint density at radius 2 is 1.18 bits per heavy atom. The number of nitrogens with one attached hydrogen (secondary N) is 2. The number of carbonyl (C=O) groups is 3. The summed E-state index contributed by atoms with van der Waals surface area (Å²) in [4.78, 5) is 36.6. The van der Waals surface area contributed by atoms with E-state index in [4.69, 9.17) is 0 Å². The van der Waals surface area contributed by atoms with Crippen molar-refractivity contribution in [2.75, 3.05) is 0 Å². The molecule has 126 valence electrons. The second-order valence-electron chi connectivity index (χ2n) is 6.20. The summed E-state index contributed by atoms with van der Waals surface area (Å²) < 4.78 is 0. The highest BCUT2D eigenvalue weighted by Crippen LogP contribution is 2.30. The molecule has 2 unspecified atom stereocenters. The molecule has 5 heteroatoms. The zero-order valence-electron chi connectivity index (χ0n) is 14.3. The van der Waals surface area contributed by atoms with Crippen LogP contribution in [0.25, 0.3) is 0 Å². The van der Waals surface area contributed by atoms with Crippen molar-refractivity contribution in [3.8, 4) is 0 Å². The van der Waals surface area contributed by atoms with Crippen LogP contribution >= 0.6 is 0 Å². The first-order valence-electron chi connectivity index (χ1n) is 8.59. The van der Waals surface area contributed by atoms with E-state index in [2.05, 4.69) is 10.6 Å². The van der Waals surface area contributed by atoms with Gasteiger partial charge >= 0.3 is 0 Å². The summed E-state index contributed by atoms with van der Waals surface area (Å²) in [6, 6.07) is 0.233. The number of Topliss-reactive ketones (excluding diaryl/α,β-unsaturated/α-hetero) is 1. The molecule has 2 amide bonds. The first-order valence-corrected chi connectivity index (χ1v) is 8.59. The average molecular weight is 310 g/mol. The molecule has 0 heterocycles. The largest absolute Gasteiger partial charge is 0.353 e. The summed E-state index contributed by atoms with van der Waals surface area (Å²) in [6.45, 7) is 8.08. The smallest absolute Gasteiger partial charge is 0.224 e. The quantitative estimate of drug-likeness (QED) is 0.721. The van der Waals surface area contributed by atoms with E-state index in [-0.39, 0.29) is 42.5 Å². The van der Waals surface area contributed by atoms with Gasteiger partial charge in [-0.3, -0.25) is 14.4 Å². The molecule has 0 aromatic heterocycles. The maximum atomic E-state index is 12.4. The SMILES string of the molecule is CCC(CC)NC(=O)C1CC(=O)CC1C(=O)NC(CC)CC. The van der Waals surface area contributed by atoms with Gasteiger partial charge < -0.3 is 10.6 Å². The predicted octanol–water partition coefficient (Wildman–Crippen LogP) is 2.19. The van der Waals surface area contributed by atoms with Crippen LogP contribution in [0.1, 0.15) is 66.2 Å². The monoisotopic (exact) mass is 310 g/mol. The molecule has 0 aromatic carbocycles. The number of hydrogen-bond acceptors (Lipinski definition) is 3. The summed E-state index contributed by atoms with van der Waals surface area (Å²) in [6.07, 6.45) is 3.79. The van der Waals surface area contributed by atoms with Gasteiger partial charge in [0.15, 0.2) is 0 Å². The van der Waals surface area contributed by atoms with Crippen LogP contribution in [0.2, 0.25) is 0 Å². The number of hydrogen-bond donors (Lipinski definition) is 2. The van der Waals surface area contributed by atoms with Gasteiger partial charge in [0.25, 0.3) is 0 Å². The second-order valence-corrected chi connectivity index (χ2v) is 6.20. The lowest BCUT2D eigenvalue weighted by Crippen LogP contribution is -2.45. The number of ketones is 1. The molecule has 0 radical (unpaired) electrons. The standard InChI is InChI=1S/C17H30N2O3/c1-5-11(6-2)18-16(21)14-9-13(20)10-15(14)17(22)19-12(7-3)8-4/h11-12,14-15H,5-10H2,1-4H3,(H,18,21)(H,19,22). The topological polar surface area (TPSA) is 75.3 Å². The van der Waals surface area contributed by atoms with Gasteiger partial charge in [0.2, 0.25) is 11.8 Å². The van der Waals surface area contributed by atoms with Crippen LogP contribution in [0.4, 0.5) is 0 Å². The number of amides is 2. The third-order valence-electron chi connectivity index (χ3n) is 4.72.